The first-order valence-electron chi connectivity index (χ1n) is 7.55. The molecule has 0 aliphatic heterocycles. The number of hydrogen-bond donors (Lipinski definition) is 1. The van der Waals surface area contributed by atoms with Gasteiger partial charge in [0.25, 0.3) is 0 Å². The first-order chi connectivity index (χ1) is 8.72. The molecule has 3 unspecified atom stereocenters. The number of fused-ring (bicyclic) bond motifs is 1. The molecule has 1 fully saturated rings. The van der Waals surface area contributed by atoms with Gasteiger partial charge < -0.3 is 5.32 Å². The highest BCUT2D eigenvalue weighted by molar-refractivity contribution is 5.33. The van der Waals surface area contributed by atoms with Crippen LogP contribution in [0.3, 0.4) is 0 Å². The first-order valence-corrected chi connectivity index (χ1v) is 7.55. The molecular formula is C17H25N. The molecule has 0 heterocycles. The van der Waals surface area contributed by atoms with E-state index in [1.807, 2.05) is 0 Å². The van der Waals surface area contributed by atoms with E-state index < -0.39 is 0 Å². The number of rotatable bonds is 2. The molecule has 1 heteroatoms. The average molecular weight is 243 g/mol. The Labute approximate surface area is 111 Å². The Hall–Kier alpha value is -0.820. The van der Waals surface area contributed by atoms with Crippen molar-refractivity contribution in [1.82, 2.24) is 5.32 Å². The van der Waals surface area contributed by atoms with E-state index in [-0.39, 0.29) is 0 Å². The maximum atomic E-state index is 3.92. The van der Waals surface area contributed by atoms with Gasteiger partial charge in [0.1, 0.15) is 0 Å². The van der Waals surface area contributed by atoms with E-state index >= 15 is 0 Å². The van der Waals surface area contributed by atoms with Crippen LogP contribution in [0.15, 0.2) is 24.3 Å². The summed E-state index contributed by atoms with van der Waals surface area (Å²) in [6.07, 6.45) is 6.61. The zero-order valence-electron chi connectivity index (χ0n) is 11.7. The van der Waals surface area contributed by atoms with Gasteiger partial charge in [-0.1, -0.05) is 38.1 Å². The minimum Gasteiger partial charge on any atom is -0.311 e. The summed E-state index contributed by atoms with van der Waals surface area (Å²) in [5.74, 6) is 1.81. The van der Waals surface area contributed by atoms with Crippen LogP contribution in [0, 0.1) is 11.8 Å². The summed E-state index contributed by atoms with van der Waals surface area (Å²) in [4.78, 5) is 0. The smallest absolute Gasteiger partial charge is 0.0151 e. The second-order valence-electron chi connectivity index (χ2n) is 6.51. The summed E-state index contributed by atoms with van der Waals surface area (Å²) in [5, 5.41) is 3.92. The second-order valence-corrected chi connectivity index (χ2v) is 6.51. The average Bonchev–Trinajstić information content (AvgIpc) is 2.76. The van der Waals surface area contributed by atoms with Crippen LogP contribution in [0.2, 0.25) is 0 Å². The van der Waals surface area contributed by atoms with Gasteiger partial charge in [0.05, 0.1) is 0 Å². The lowest BCUT2D eigenvalue weighted by Gasteiger charge is -2.34. The van der Waals surface area contributed by atoms with Crippen molar-refractivity contribution in [3.63, 3.8) is 0 Å². The van der Waals surface area contributed by atoms with Gasteiger partial charge in [-0.05, 0) is 55.1 Å². The summed E-state index contributed by atoms with van der Waals surface area (Å²) in [5.41, 5.74) is 3.12. The van der Waals surface area contributed by atoms with Crippen molar-refractivity contribution < 1.29 is 0 Å². The minimum absolute atomic E-state index is 0.688. The number of hydrogen-bond acceptors (Lipinski definition) is 1. The van der Waals surface area contributed by atoms with E-state index in [1.54, 1.807) is 11.1 Å². The Morgan fingerprint density at radius 1 is 0.889 bits per heavy atom. The second kappa shape index (κ2) is 5.05. The molecule has 0 spiro atoms. The topological polar surface area (TPSA) is 12.0 Å². The minimum atomic E-state index is 0.688. The lowest BCUT2D eigenvalue weighted by Crippen LogP contribution is -2.42. The SMILES string of the molecule is CC1CCC(NC2Cc3ccccc3C2)CC1C. The molecular weight excluding hydrogens is 218 g/mol. The molecule has 1 saturated carbocycles. The fourth-order valence-corrected chi connectivity index (χ4v) is 3.71. The van der Waals surface area contributed by atoms with Gasteiger partial charge >= 0.3 is 0 Å². The Kier molecular flexibility index (Phi) is 3.43. The molecule has 3 rings (SSSR count). The Morgan fingerprint density at radius 3 is 2.17 bits per heavy atom. The van der Waals surface area contributed by atoms with Crippen molar-refractivity contribution in [3.8, 4) is 0 Å². The quantitative estimate of drug-likeness (QED) is 0.837. The van der Waals surface area contributed by atoms with E-state index in [0.717, 1.165) is 17.9 Å². The van der Waals surface area contributed by atoms with E-state index in [4.69, 9.17) is 0 Å². The van der Waals surface area contributed by atoms with Gasteiger partial charge in [0.15, 0.2) is 0 Å². The zero-order chi connectivity index (χ0) is 12.5. The molecule has 98 valence electrons. The van der Waals surface area contributed by atoms with Crippen molar-refractivity contribution in [2.24, 2.45) is 11.8 Å². The van der Waals surface area contributed by atoms with Gasteiger partial charge in [0.2, 0.25) is 0 Å². The van der Waals surface area contributed by atoms with Gasteiger partial charge in [0, 0.05) is 12.1 Å². The van der Waals surface area contributed by atoms with Crippen LogP contribution < -0.4 is 5.32 Å². The van der Waals surface area contributed by atoms with Crippen LogP contribution >= 0.6 is 0 Å². The summed E-state index contributed by atoms with van der Waals surface area (Å²) >= 11 is 0. The molecule has 2 aliphatic carbocycles. The normalized spacial score (nSPS) is 32.4. The highest BCUT2D eigenvalue weighted by Gasteiger charge is 2.28. The third kappa shape index (κ3) is 2.47. The molecule has 1 nitrogen and oxygen atoms in total. The molecule has 0 radical (unpaired) electrons. The van der Waals surface area contributed by atoms with E-state index in [1.165, 1.54) is 32.1 Å². The summed E-state index contributed by atoms with van der Waals surface area (Å²) in [6, 6.07) is 10.4. The molecule has 1 aromatic rings. The summed E-state index contributed by atoms with van der Waals surface area (Å²) < 4.78 is 0. The lowest BCUT2D eigenvalue weighted by atomic mass is 9.79. The fourth-order valence-electron chi connectivity index (χ4n) is 3.71. The summed E-state index contributed by atoms with van der Waals surface area (Å²) in [7, 11) is 0. The van der Waals surface area contributed by atoms with Crippen LogP contribution in [0.5, 0.6) is 0 Å². The van der Waals surface area contributed by atoms with Crippen molar-refractivity contribution in [2.45, 2.75) is 58.0 Å². The summed E-state index contributed by atoms with van der Waals surface area (Å²) in [6.45, 7) is 4.83. The van der Waals surface area contributed by atoms with Crippen LogP contribution in [0.4, 0.5) is 0 Å². The van der Waals surface area contributed by atoms with Crippen molar-refractivity contribution >= 4 is 0 Å². The van der Waals surface area contributed by atoms with Crippen LogP contribution in [0.25, 0.3) is 0 Å². The number of benzene rings is 1. The van der Waals surface area contributed by atoms with Crippen molar-refractivity contribution in [3.05, 3.63) is 35.4 Å². The molecule has 18 heavy (non-hydrogen) atoms. The fraction of sp³-hybridized carbons (Fsp3) is 0.647. The van der Waals surface area contributed by atoms with Gasteiger partial charge in [-0.15, -0.1) is 0 Å². The molecule has 1 N–H and O–H groups in total. The van der Waals surface area contributed by atoms with Gasteiger partial charge in [-0.3, -0.25) is 0 Å². The van der Waals surface area contributed by atoms with Crippen LogP contribution in [-0.4, -0.2) is 12.1 Å². The maximum Gasteiger partial charge on any atom is 0.0151 e. The monoisotopic (exact) mass is 243 g/mol. The molecule has 0 bridgehead atoms. The predicted molar refractivity (Wildman–Crippen MR) is 76.7 cm³/mol. The predicted octanol–water partition coefficient (Wildman–Crippen LogP) is 3.57. The highest BCUT2D eigenvalue weighted by Crippen LogP contribution is 2.30. The van der Waals surface area contributed by atoms with Crippen molar-refractivity contribution in [1.29, 1.82) is 0 Å². The molecule has 0 aromatic heterocycles. The van der Waals surface area contributed by atoms with E-state index in [2.05, 4.69) is 43.4 Å². The molecule has 0 amide bonds. The Balaban J connectivity index is 1.57. The van der Waals surface area contributed by atoms with E-state index in [9.17, 15) is 0 Å². The maximum absolute atomic E-state index is 3.92. The molecule has 3 atom stereocenters. The van der Waals surface area contributed by atoms with Gasteiger partial charge in [-0.25, -0.2) is 0 Å². The third-order valence-electron chi connectivity index (χ3n) is 5.12. The third-order valence-corrected chi connectivity index (χ3v) is 5.12. The lowest BCUT2D eigenvalue weighted by molar-refractivity contribution is 0.215. The van der Waals surface area contributed by atoms with Gasteiger partial charge in [-0.2, -0.15) is 0 Å². The first kappa shape index (κ1) is 12.2. The van der Waals surface area contributed by atoms with Crippen LogP contribution in [0.1, 0.15) is 44.2 Å². The molecule has 1 aromatic carbocycles. The van der Waals surface area contributed by atoms with Crippen LogP contribution in [-0.2, 0) is 12.8 Å². The van der Waals surface area contributed by atoms with Crippen molar-refractivity contribution in [2.75, 3.05) is 0 Å². The number of nitrogens with one attached hydrogen (secondary N) is 1. The zero-order valence-corrected chi connectivity index (χ0v) is 11.7. The largest absolute Gasteiger partial charge is 0.311 e. The molecule has 2 aliphatic rings. The van der Waals surface area contributed by atoms with E-state index in [0.29, 0.717) is 6.04 Å². The molecule has 0 saturated heterocycles. The Morgan fingerprint density at radius 2 is 1.56 bits per heavy atom. The Bertz CT molecular complexity index is 387. The highest BCUT2D eigenvalue weighted by atomic mass is 15.0. The standard InChI is InChI=1S/C17H25N/c1-12-7-8-16(9-13(12)2)18-17-10-14-5-3-4-6-15(14)11-17/h3-6,12-13,16-18H,7-11H2,1-2H3.